The van der Waals surface area contributed by atoms with Crippen LogP contribution in [0.15, 0.2) is 79.9 Å². The van der Waals surface area contributed by atoms with Crippen LogP contribution in [0.25, 0.3) is 11.0 Å². The van der Waals surface area contributed by atoms with E-state index >= 15 is 4.79 Å². The summed E-state index contributed by atoms with van der Waals surface area (Å²) >= 11 is 0. The van der Waals surface area contributed by atoms with Gasteiger partial charge in [-0.05, 0) is 49.8 Å². The number of benzene rings is 2. The molecule has 13 nitrogen and oxygen atoms in total. The molecule has 13 heteroatoms. The first-order valence-electron chi connectivity index (χ1n) is 18.9. The molecule has 288 valence electrons. The van der Waals surface area contributed by atoms with Gasteiger partial charge in [0.2, 0.25) is 17.7 Å². The number of hydrogen-bond donors (Lipinski definition) is 1. The number of fused-ring (bicyclic) bond motifs is 2. The molecule has 1 spiro atoms. The van der Waals surface area contributed by atoms with E-state index in [-0.39, 0.29) is 38.1 Å². The average molecular weight is 741 g/mol. The number of likely N-dealkylation sites (tertiary alicyclic amines) is 1. The second-order valence-corrected chi connectivity index (χ2v) is 14.8. The van der Waals surface area contributed by atoms with E-state index in [2.05, 4.69) is 23.5 Å². The molecule has 3 aromatic rings. The van der Waals surface area contributed by atoms with Crippen LogP contribution in [-0.4, -0.2) is 109 Å². The highest BCUT2D eigenvalue weighted by molar-refractivity contribution is 5.98. The van der Waals surface area contributed by atoms with Crippen LogP contribution in [0, 0.1) is 17.8 Å². The molecule has 0 saturated carbocycles. The number of nitrogens with zero attached hydrogens (tertiary/aromatic N) is 6. The number of amides is 3. The van der Waals surface area contributed by atoms with Crippen LogP contribution in [0.5, 0.6) is 0 Å². The zero-order valence-electron chi connectivity index (χ0n) is 31.6. The maximum atomic E-state index is 15.1. The molecule has 2 bridgehead atoms. The predicted octanol–water partition coefficient (Wildman–Crippen LogP) is 4.28. The Hall–Kier alpha value is -4.88. The fraction of sp³-hybridized carbons (Fsp3) is 0.512. The second-order valence-electron chi connectivity index (χ2n) is 14.8. The minimum atomic E-state index is -1.33. The van der Waals surface area contributed by atoms with Gasteiger partial charge in [0.05, 0.1) is 42.1 Å². The van der Waals surface area contributed by atoms with Gasteiger partial charge < -0.3 is 29.3 Å². The number of allylic oxidation sites excluding steroid dienone is 1. The molecular formula is C41H52N6O7. The maximum absolute atomic E-state index is 15.1. The normalized spacial score (nSPS) is 25.1. The van der Waals surface area contributed by atoms with Crippen molar-refractivity contribution in [3.8, 4) is 0 Å². The van der Waals surface area contributed by atoms with E-state index in [1.807, 2.05) is 75.4 Å². The van der Waals surface area contributed by atoms with Crippen molar-refractivity contribution < 1.29 is 33.8 Å². The van der Waals surface area contributed by atoms with Gasteiger partial charge in [-0.1, -0.05) is 80.1 Å². The van der Waals surface area contributed by atoms with E-state index < -0.39 is 65.6 Å². The molecule has 3 amide bonds. The Kier molecular flexibility index (Phi) is 11.7. The number of likely N-dealkylation sites (N-methyl/N-ethyl adjacent to an activating group) is 1. The van der Waals surface area contributed by atoms with Gasteiger partial charge in [-0.15, -0.1) is 18.3 Å². The van der Waals surface area contributed by atoms with Gasteiger partial charge in [-0.3, -0.25) is 19.2 Å². The lowest BCUT2D eigenvalue weighted by Crippen LogP contribution is -2.60. The van der Waals surface area contributed by atoms with Crippen molar-refractivity contribution in [2.45, 2.75) is 95.5 Å². The van der Waals surface area contributed by atoms with Crippen LogP contribution in [0.3, 0.4) is 0 Å². The van der Waals surface area contributed by atoms with Crippen LogP contribution in [0.2, 0.25) is 0 Å². The predicted molar refractivity (Wildman–Crippen MR) is 201 cm³/mol. The SMILES string of the molecule is C=CCCC(=O)N(C)[C@H](C)[C@H](OC(=O)[C@@H]1[C@H]2C(=O)N([C@@H](CO)[C@@H](C)CC)[C@H](C(=O)N(CC=C)Cn3nnc4ccccc43)[C@]23CC[C@H]1O3)c1ccccc1. The van der Waals surface area contributed by atoms with Gasteiger partial charge in [-0.25, -0.2) is 4.68 Å². The fourth-order valence-electron chi connectivity index (χ4n) is 8.66. The van der Waals surface area contributed by atoms with Crippen molar-refractivity contribution in [3.63, 3.8) is 0 Å². The number of aromatic nitrogens is 3. The van der Waals surface area contributed by atoms with E-state index in [0.29, 0.717) is 36.8 Å². The zero-order valence-corrected chi connectivity index (χ0v) is 31.6. The van der Waals surface area contributed by atoms with Crippen LogP contribution < -0.4 is 0 Å². The second kappa shape index (κ2) is 16.2. The molecule has 3 aliphatic rings. The molecule has 0 radical (unpaired) electrons. The van der Waals surface area contributed by atoms with Crippen molar-refractivity contribution in [2.24, 2.45) is 17.8 Å². The number of carbonyl (C=O) groups is 4. The Bertz CT molecular complexity index is 1870. The highest BCUT2D eigenvalue weighted by Crippen LogP contribution is 2.59. The number of carbonyl (C=O) groups excluding carboxylic acids is 4. The molecule has 3 aliphatic heterocycles. The number of hydrogen-bond acceptors (Lipinski definition) is 9. The molecule has 0 unspecified atom stereocenters. The van der Waals surface area contributed by atoms with Gasteiger partial charge in [0.25, 0.3) is 0 Å². The minimum absolute atomic E-state index is 0.0301. The van der Waals surface area contributed by atoms with Gasteiger partial charge in [0, 0.05) is 20.0 Å². The largest absolute Gasteiger partial charge is 0.455 e. The molecule has 2 aromatic carbocycles. The first-order chi connectivity index (χ1) is 26.0. The van der Waals surface area contributed by atoms with Crippen molar-refractivity contribution >= 4 is 34.7 Å². The third-order valence-electron chi connectivity index (χ3n) is 11.9. The minimum Gasteiger partial charge on any atom is -0.455 e. The molecule has 6 rings (SSSR count). The average Bonchev–Trinajstić information content (AvgIpc) is 3.95. The molecular weight excluding hydrogens is 688 g/mol. The summed E-state index contributed by atoms with van der Waals surface area (Å²) in [4.78, 5) is 62.3. The summed E-state index contributed by atoms with van der Waals surface area (Å²) in [6.45, 7) is 13.2. The zero-order chi connectivity index (χ0) is 38.7. The van der Waals surface area contributed by atoms with Gasteiger partial charge >= 0.3 is 5.97 Å². The Morgan fingerprint density at radius 1 is 1.11 bits per heavy atom. The molecule has 1 N–H and O–H groups in total. The van der Waals surface area contributed by atoms with E-state index in [1.165, 1.54) is 4.90 Å². The van der Waals surface area contributed by atoms with E-state index in [9.17, 15) is 19.5 Å². The third-order valence-corrected chi connectivity index (χ3v) is 11.9. The van der Waals surface area contributed by atoms with Crippen molar-refractivity contribution in [3.05, 3.63) is 85.5 Å². The highest BCUT2D eigenvalue weighted by Gasteiger charge is 2.76. The standard InChI is InChI=1S/C41H52N6O7/c1-7-10-20-33(49)44(6)27(5)36(28-16-12-11-13-17-28)53-40(52)34-32-21-22-41(54-32)35(34)38(50)47(31(24-48)26(4)9-3)37(41)39(51)45(23-8-2)25-46-30-19-15-14-18-29(30)42-43-46/h7-8,11-19,26-27,31-32,34-37,48H,1-2,9-10,20-25H2,3-6H3/t26-,27+,31-,32+,34-,35-,36-,37+,41-/m0/s1. The first kappa shape index (κ1) is 38.8. The van der Waals surface area contributed by atoms with Crippen LogP contribution in [0.1, 0.15) is 64.5 Å². The third kappa shape index (κ3) is 6.83. The first-order valence-corrected chi connectivity index (χ1v) is 18.9. The molecule has 1 aromatic heterocycles. The smallest absolute Gasteiger partial charge is 0.313 e. The summed E-state index contributed by atoms with van der Waals surface area (Å²) in [6, 6.07) is 14.3. The Morgan fingerprint density at radius 3 is 2.52 bits per heavy atom. The lowest BCUT2D eigenvalue weighted by atomic mass is 9.70. The molecule has 0 aliphatic carbocycles. The monoisotopic (exact) mass is 740 g/mol. The van der Waals surface area contributed by atoms with Gasteiger partial charge in [0.15, 0.2) is 0 Å². The summed E-state index contributed by atoms with van der Waals surface area (Å²) in [6.07, 6.45) is 4.02. The van der Waals surface area contributed by atoms with Gasteiger partial charge in [-0.2, -0.15) is 0 Å². The van der Waals surface area contributed by atoms with Crippen LogP contribution in [0.4, 0.5) is 0 Å². The number of esters is 1. The van der Waals surface area contributed by atoms with E-state index in [0.717, 1.165) is 5.52 Å². The van der Waals surface area contributed by atoms with Gasteiger partial charge in [0.1, 0.15) is 29.9 Å². The molecule has 4 heterocycles. The topological polar surface area (TPSA) is 147 Å². The summed E-state index contributed by atoms with van der Waals surface area (Å²) in [5.74, 6) is -3.74. The number of rotatable bonds is 17. The van der Waals surface area contributed by atoms with E-state index in [4.69, 9.17) is 9.47 Å². The highest BCUT2D eigenvalue weighted by atomic mass is 16.6. The Balaban J connectivity index is 1.36. The lowest BCUT2D eigenvalue weighted by Gasteiger charge is -2.40. The van der Waals surface area contributed by atoms with E-state index in [1.54, 1.807) is 33.7 Å². The molecule has 54 heavy (non-hydrogen) atoms. The summed E-state index contributed by atoms with van der Waals surface area (Å²) in [5.41, 5.74) is 0.773. The Labute approximate surface area is 316 Å². The summed E-state index contributed by atoms with van der Waals surface area (Å²) < 4.78 is 14.7. The summed E-state index contributed by atoms with van der Waals surface area (Å²) in [7, 11) is 1.69. The van der Waals surface area contributed by atoms with Crippen molar-refractivity contribution in [1.82, 2.24) is 29.7 Å². The lowest BCUT2D eigenvalue weighted by molar-refractivity contribution is -0.165. The number of ether oxygens (including phenoxy) is 2. The molecule has 9 atom stereocenters. The molecule has 3 fully saturated rings. The number of aliphatic hydroxyl groups is 1. The molecule has 3 saturated heterocycles. The number of para-hydroxylation sites is 1. The van der Waals surface area contributed by atoms with Crippen LogP contribution >= 0.6 is 0 Å². The quantitative estimate of drug-likeness (QED) is 0.158. The van der Waals surface area contributed by atoms with Crippen molar-refractivity contribution in [1.29, 1.82) is 0 Å². The maximum Gasteiger partial charge on any atom is 0.313 e. The fourth-order valence-corrected chi connectivity index (χ4v) is 8.66. The number of aliphatic hydroxyl groups excluding tert-OH is 1. The van der Waals surface area contributed by atoms with Crippen molar-refractivity contribution in [2.75, 3.05) is 20.2 Å². The van der Waals surface area contributed by atoms with Crippen LogP contribution in [-0.2, 0) is 35.3 Å². The summed E-state index contributed by atoms with van der Waals surface area (Å²) in [5, 5.41) is 19.4. The Morgan fingerprint density at radius 2 is 1.83 bits per heavy atom.